The highest BCUT2D eigenvalue weighted by molar-refractivity contribution is 6.29. The molecule has 1 N–H and O–H groups in total. The third kappa shape index (κ3) is 1.35. The Morgan fingerprint density at radius 3 is 2.94 bits per heavy atom. The zero-order chi connectivity index (χ0) is 12.4. The maximum Gasteiger partial charge on any atom is 0.155 e. The van der Waals surface area contributed by atoms with Crippen molar-refractivity contribution in [3.05, 3.63) is 16.8 Å². The van der Waals surface area contributed by atoms with Crippen LogP contribution >= 0.6 is 11.6 Å². The summed E-state index contributed by atoms with van der Waals surface area (Å²) in [6.07, 6.45) is 2.47. The fraction of sp³-hybridized carbons (Fsp3) is 0.667. The van der Waals surface area contributed by atoms with E-state index in [1.54, 1.807) is 0 Å². The molecular formula is C12H14ClN3O2. The number of aliphatic hydroxyl groups is 1. The first-order valence-corrected chi connectivity index (χ1v) is 6.58. The van der Waals surface area contributed by atoms with E-state index < -0.39 is 5.60 Å². The second-order valence-electron chi connectivity index (χ2n) is 5.71. The van der Waals surface area contributed by atoms with Crippen molar-refractivity contribution in [3.63, 3.8) is 0 Å². The molecule has 1 aliphatic carbocycles. The molecule has 1 aromatic rings. The fourth-order valence-electron chi connectivity index (χ4n) is 3.68. The second-order valence-corrected chi connectivity index (χ2v) is 6.10. The van der Waals surface area contributed by atoms with Crippen molar-refractivity contribution >= 4 is 17.4 Å². The second kappa shape index (κ2) is 3.35. The van der Waals surface area contributed by atoms with Gasteiger partial charge in [-0.15, -0.1) is 10.2 Å². The van der Waals surface area contributed by atoms with E-state index in [0.29, 0.717) is 18.4 Å². The third-order valence-corrected chi connectivity index (χ3v) is 4.50. The minimum atomic E-state index is -0.624. The van der Waals surface area contributed by atoms with E-state index in [2.05, 4.69) is 15.1 Å². The van der Waals surface area contributed by atoms with Gasteiger partial charge in [0.05, 0.1) is 24.4 Å². The first-order valence-electron chi connectivity index (χ1n) is 6.20. The Labute approximate surface area is 110 Å². The Morgan fingerprint density at radius 1 is 1.33 bits per heavy atom. The molecule has 3 fully saturated rings. The van der Waals surface area contributed by atoms with Gasteiger partial charge in [0.1, 0.15) is 0 Å². The summed E-state index contributed by atoms with van der Waals surface area (Å²) in [5.74, 6) is 0.909. The van der Waals surface area contributed by atoms with E-state index in [-0.39, 0.29) is 5.54 Å². The Bertz CT molecular complexity index is 516. The summed E-state index contributed by atoms with van der Waals surface area (Å²) in [6.45, 7) is 2.03. The molecule has 6 heteroatoms. The number of nitrogens with zero attached hydrogens (tertiary/aromatic N) is 3. The molecule has 0 spiro atoms. The van der Waals surface area contributed by atoms with Crippen LogP contribution in [0.15, 0.2) is 6.07 Å². The number of hydrogen-bond acceptors (Lipinski definition) is 5. The van der Waals surface area contributed by atoms with Crippen molar-refractivity contribution in [2.24, 2.45) is 0 Å². The molecule has 96 valence electrons. The largest absolute Gasteiger partial charge is 0.387 e. The first kappa shape index (κ1) is 11.0. The van der Waals surface area contributed by atoms with Gasteiger partial charge in [-0.3, -0.25) is 0 Å². The lowest BCUT2D eigenvalue weighted by atomic mass is 9.63. The molecule has 2 saturated heterocycles. The number of halogens is 1. The van der Waals surface area contributed by atoms with E-state index >= 15 is 0 Å². The number of aromatic nitrogens is 2. The number of fused-ring (bicyclic) bond motifs is 3. The number of rotatable bonds is 1. The van der Waals surface area contributed by atoms with Crippen molar-refractivity contribution in [1.82, 2.24) is 10.2 Å². The minimum absolute atomic E-state index is 0.0826. The molecule has 5 rings (SSSR count). The molecule has 1 aromatic heterocycles. The SMILES string of the molecule is OC12COCC(N3CCc4cc(Cl)nnc43)(C1)C2. The molecule has 4 heterocycles. The van der Waals surface area contributed by atoms with Crippen LogP contribution in [0.4, 0.5) is 5.82 Å². The normalized spacial score (nSPS) is 37.3. The van der Waals surface area contributed by atoms with Gasteiger partial charge in [0.2, 0.25) is 0 Å². The van der Waals surface area contributed by atoms with Crippen LogP contribution in [0.5, 0.6) is 0 Å². The molecule has 5 nitrogen and oxygen atoms in total. The summed E-state index contributed by atoms with van der Waals surface area (Å²) < 4.78 is 5.52. The minimum Gasteiger partial charge on any atom is -0.387 e. The molecule has 2 bridgehead atoms. The van der Waals surface area contributed by atoms with Gasteiger partial charge >= 0.3 is 0 Å². The molecule has 0 unspecified atom stereocenters. The summed E-state index contributed by atoms with van der Waals surface area (Å²) in [6, 6.07) is 1.88. The highest BCUT2D eigenvalue weighted by Crippen LogP contribution is 2.51. The van der Waals surface area contributed by atoms with Crippen molar-refractivity contribution < 1.29 is 9.84 Å². The van der Waals surface area contributed by atoms with Gasteiger partial charge in [-0.05, 0) is 12.5 Å². The lowest BCUT2D eigenvalue weighted by molar-refractivity contribution is -0.200. The van der Waals surface area contributed by atoms with Crippen LogP contribution in [0, 0.1) is 0 Å². The molecule has 18 heavy (non-hydrogen) atoms. The quantitative estimate of drug-likeness (QED) is 0.815. The van der Waals surface area contributed by atoms with Crippen molar-refractivity contribution in [2.45, 2.75) is 30.4 Å². The Kier molecular flexibility index (Phi) is 2.04. The maximum absolute atomic E-state index is 10.1. The van der Waals surface area contributed by atoms with E-state index in [1.807, 2.05) is 6.07 Å². The highest BCUT2D eigenvalue weighted by atomic mass is 35.5. The standard InChI is InChI=1S/C12H14ClN3O2/c13-9-3-8-1-2-16(10(8)15-14-9)11-4-12(17,5-11)7-18-6-11/h3,17H,1-2,4-7H2. The van der Waals surface area contributed by atoms with Crippen LogP contribution in [0.1, 0.15) is 18.4 Å². The predicted molar refractivity (Wildman–Crippen MR) is 65.8 cm³/mol. The van der Waals surface area contributed by atoms with Crippen LogP contribution in [-0.4, -0.2) is 46.2 Å². The Balaban J connectivity index is 1.69. The van der Waals surface area contributed by atoms with Crippen molar-refractivity contribution in [2.75, 3.05) is 24.7 Å². The van der Waals surface area contributed by atoms with Gasteiger partial charge in [-0.1, -0.05) is 11.6 Å². The third-order valence-electron chi connectivity index (χ3n) is 4.31. The topological polar surface area (TPSA) is 58.5 Å². The zero-order valence-electron chi connectivity index (χ0n) is 9.90. The maximum atomic E-state index is 10.1. The lowest BCUT2D eigenvalue weighted by Gasteiger charge is -2.61. The number of anilines is 1. The summed E-state index contributed by atoms with van der Waals surface area (Å²) in [5.41, 5.74) is 0.437. The van der Waals surface area contributed by atoms with Crippen LogP contribution in [0.3, 0.4) is 0 Å². The van der Waals surface area contributed by atoms with Crippen LogP contribution in [0.2, 0.25) is 5.15 Å². The van der Waals surface area contributed by atoms with Gasteiger partial charge in [0.15, 0.2) is 11.0 Å². The van der Waals surface area contributed by atoms with Crippen LogP contribution in [-0.2, 0) is 11.2 Å². The average molecular weight is 268 g/mol. The van der Waals surface area contributed by atoms with Crippen LogP contribution in [0.25, 0.3) is 0 Å². The molecule has 3 aliphatic heterocycles. The molecule has 1 saturated carbocycles. The van der Waals surface area contributed by atoms with E-state index in [9.17, 15) is 5.11 Å². The van der Waals surface area contributed by atoms with Gasteiger partial charge in [-0.25, -0.2) is 0 Å². The lowest BCUT2D eigenvalue weighted by Crippen LogP contribution is -2.72. The van der Waals surface area contributed by atoms with Crippen LogP contribution < -0.4 is 4.90 Å². The van der Waals surface area contributed by atoms with Gasteiger partial charge in [0, 0.05) is 24.9 Å². The summed E-state index contributed by atoms with van der Waals surface area (Å²) in [7, 11) is 0. The molecule has 0 atom stereocenters. The monoisotopic (exact) mass is 267 g/mol. The number of hydrogen-bond donors (Lipinski definition) is 1. The van der Waals surface area contributed by atoms with E-state index in [1.165, 1.54) is 0 Å². The smallest absolute Gasteiger partial charge is 0.155 e. The van der Waals surface area contributed by atoms with Gasteiger partial charge in [-0.2, -0.15) is 0 Å². The summed E-state index contributed by atoms with van der Waals surface area (Å²) >= 11 is 5.87. The van der Waals surface area contributed by atoms with E-state index in [4.69, 9.17) is 16.3 Å². The fourth-order valence-corrected chi connectivity index (χ4v) is 3.85. The first-order chi connectivity index (χ1) is 8.60. The summed E-state index contributed by atoms with van der Waals surface area (Å²) in [4.78, 5) is 2.25. The summed E-state index contributed by atoms with van der Waals surface area (Å²) in [5, 5.41) is 18.7. The van der Waals surface area contributed by atoms with Crippen molar-refractivity contribution in [3.8, 4) is 0 Å². The molecule has 0 radical (unpaired) electrons. The molecule has 0 aromatic carbocycles. The van der Waals surface area contributed by atoms with Gasteiger partial charge < -0.3 is 14.7 Å². The Hall–Kier alpha value is -0.910. The van der Waals surface area contributed by atoms with Crippen molar-refractivity contribution in [1.29, 1.82) is 0 Å². The number of ether oxygens (including phenoxy) is 1. The molecular weight excluding hydrogens is 254 g/mol. The highest BCUT2D eigenvalue weighted by Gasteiger charge is 2.61. The average Bonchev–Trinajstić information content (AvgIpc) is 2.70. The zero-order valence-corrected chi connectivity index (χ0v) is 10.7. The predicted octanol–water partition coefficient (Wildman–Crippen LogP) is 0.786. The van der Waals surface area contributed by atoms with Gasteiger partial charge in [0.25, 0.3) is 0 Å². The van der Waals surface area contributed by atoms with E-state index in [0.717, 1.165) is 37.2 Å². The Morgan fingerprint density at radius 2 is 2.17 bits per heavy atom. The molecule has 4 aliphatic rings. The molecule has 0 amide bonds.